The Kier molecular flexibility index (Phi) is 4.16. The van der Waals surface area contributed by atoms with E-state index >= 15 is 0 Å². The molecule has 1 atom stereocenters. The number of benzene rings is 1. The highest BCUT2D eigenvalue weighted by molar-refractivity contribution is 5.97. The molecule has 0 amide bonds. The highest BCUT2D eigenvalue weighted by Gasteiger charge is 2.32. The number of aromatic carboxylic acids is 1. The third-order valence-electron chi connectivity index (χ3n) is 3.17. The number of nitrogens with zero attached hydrogens (tertiary/aromatic N) is 2. The molecule has 1 aromatic rings. The van der Waals surface area contributed by atoms with E-state index in [2.05, 4.69) is 0 Å². The lowest BCUT2D eigenvalue weighted by atomic mass is 10.1. The number of morpholine rings is 1. The zero-order chi connectivity index (χ0) is 14.7. The minimum absolute atomic E-state index is 0.0207. The number of anilines is 1. The first-order valence-corrected chi connectivity index (χ1v) is 6.02. The minimum Gasteiger partial charge on any atom is -0.478 e. The molecular formula is C12H14N2O6. The largest absolute Gasteiger partial charge is 0.478 e. The number of hydrogen-bond acceptors (Lipinski definition) is 6. The van der Waals surface area contributed by atoms with Crippen molar-refractivity contribution in [3.8, 4) is 0 Å². The van der Waals surface area contributed by atoms with Crippen LogP contribution in [0, 0.1) is 10.1 Å². The fourth-order valence-electron chi connectivity index (χ4n) is 2.25. The molecular weight excluding hydrogens is 268 g/mol. The summed E-state index contributed by atoms with van der Waals surface area (Å²) in [7, 11) is 0. The second kappa shape index (κ2) is 5.85. The third-order valence-corrected chi connectivity index (χ3v) is 3.17. The fraction of sp³-hybridized carbons (Fsp3) is 0.417. The first-order chi connectivity index (χ1) is 9.56. The Bertz CT molecular complexity index is 500. The molecule has 1 aliphatic rings. The van der Waals surface area contributed by atoms with Gasteiger partial charge in [0.15, 0.2) is 0 Å². The summed E-state index contributed by atoms with van der Waals surface area (Å²) in [5, 5.41) is 29.7. The van der Waals surface area contributed by atoms with Gasteiger partial charge in [0, 0.05) is 12.6 Å². The molecule has 0 bridgehead atoms. The van der Waals surface area contributed by atoms with Gasteiger partial charge >= 0.3 is 5.97 Å². The first kappa shape index (κ1) is 14.2. The van der Waals surface area contributed by atoms with E-state index in [1.165, 1.54) is 23.1 Å². The van der Waals surface area contributed by atoms with Gasteiger partial charge < -0.3 is 19.8 Å². The van der Waals surface area contributed by atoms with E-state index < -0.39 is 16.9 Å². The van der Waals surface area contributed by atoms with Gasteiger partial charge in [-0.2, -0.15) is 0 Å². The molecule has 1 aliphatic heterocycles. The summed E-state index contributed by atoms with van der Waals surface area (Å²) in [5.74, 6) is -1.24. The maximum Gasteiger partial charge on any atom is 0.338 e. The Morgan fingerprint density at radius 3 is 2.90 bits per heavy atom. The zero-order valence-corrected chi connectivity index (χ0v) is 10.6. The number of carboxylic acids is 1. The lowest BCUT2D eigenvalue weighted by Gasteiger charge is -2.36. The average Bonchev–Trinajstić information content (AvgIpc) is 2.46. The summed E-state index contributed by atoms with van der Waals surface area (Å²) in [6, 6.07) is 3.41. The van der Waals surface area contributed by atoms with Crippen LogP contribution in [0.15, 0.2) is 18.2 Å². The van der Waals surface area contributed by atoms with Gasteiger partial charge in [0.1, 0.15) is 5.69 Å². The van der Waals surface area contributed by atoms with E-state index in [0.29, 0.717) is 6.61 Å². The molecule has 1 fully saturated rings. The number of ether oxygens (including phenoxy) is 1. The highest BCUT2D eigenvalue weighted by atomic mass is 16.6. The summed E-state index contributed by atoms with van der Waals surface area (Å²) >= 11 is 0. The molecule has 8 heteroatoms. The number of carbonyl (C=O) groups is 1. The van der Waals surface area contributed by atoms with Crippen molar-refractivity contribution in [2.75, 3.05) is 31.3 Å². The predicted octanol–water partition coefficient (Wildman–Crippen LogP) is 0.490. The molecule has 108 valence electrons. The van der Waals surface area contributed by atoms with E-state index in [-0.39, 0.29) is 36.7 Å². The zero-order valence-electron chi connectivity index (χ0n) is 10.6. The Morgan fingerprint density at radius 1 is 1.55 bits per heavy atom. The van der Waals surface area contributed by atoms with E-state index in [9.17, 15) is 25.1 Å². The standard InChI is InChI=1S/C12H14N2O6/c15-6-8-7-20-5-4-13(8)11-9(12(16)17)2-1-3-10(11)14(18)19/h1-3,8,15H,4-7H2,(H,16,17). The van der Waals surface area contributed by atoms with Gasteiger partial charge in [0.25, 0.3) is 5.69 Å². The van der Waals surface area contributed by atoms with E-state index in [1.54, 1.807) is 0 Å². The van der Waals surface area contributed by atoms with Crippen molar-refractivity contribution >= 4 is 17.3 Å². The second-order valence-corrected chi connectivity index (χ2v) is 4.34. The van der Waals surface area contributed by atoms with Crippen LogP contribution in [0.2, 0.25) is 0 Å². The predicted molar refractivity (Wildman–Crippen MR) is 69.1 cm³/mol. The Labute approximate surface area is 114 Å². The quantitative estimate of drug-likeness (QED) is 0.610. The molecule has 0 spiro atoms. The van der Waals surface area contributed by atoms with Crippen LogP contribution < -0.4 is 4.90 Å². The molecule has 20 heavy (non-hydrogen) atoms. The van der Waals surface area contributed by atoms with Crippen LogP contribution in [0.25, 0.3) is 0 Å². The first-order valence-electron chi connectivity index (χ1n) is 6.02. The lowest BCUT2D eigenvalue weighted by molar-refractivity contribution is -0.384. The van der Waals surface area contributed by atoms with Gasteiger partial charge in [-0.05, 0) is 6.07 Å². The molecule has 0 aromatic heterocycles. The minimum atomic E-state index is -1.24. The molecule has 0 radical (unpaired) electrons. The fourth-order valence-corrected chi connectivity index (χ4v) is 2.25. The number of carboxylic acid groups (broad SMARTS) is 1. The average molecular weight is 282 g/mol. The van der Waals surface area contributed by atoms with Gasteiger partial charge in [-0.1, -0.05) is 6.07 Å². The van der Waals surface area contributed by atoms with Crippen LogP contribution in [0.4, 0.5) is 11.4 Å². The van der Waals surface area contributed by atoms with Gasteiger partial charge in [-0.25, -0.2) is 4.79 Å². The van der Waals surface area contributed by atoms with Crippen molar-refractivity contribution < 1.29 is 24.7 Å². The van der Waals surface area contributed by atoms with Crippen LogP contribution in [0.3, 0.4) is 0 Å². The van der Waals surface area contributed by atoms with Gasteiger partial charge in [0.05, 0.1) is 36.3 Å². The van der Waals surface area contributed by atoms with Crippen molar-refractivity contribution in [3.63, 3.8) is 0 Å². The Balaban J connectivity index is 2.56. The van der Waals surface area contributed by atoms with E-state index in [1.807, 2.05) is 0 Å². The molecule has 2 rings (SSSR count). The molecule has 8 nitrogen and oxygen atoms in total. The summed E-state index contributed by atoms with van der Waals surface area (Å²) in [4.78, 5) is 23.3. The van der Waals surface area contributed by atoms with Crippen LogP contribution in [0.1, 0.15) is 10.4 Å². The van der Waals surface area contributed by atoms with Crippen molar-refractivity contribution in [2.45, 2.75) is 6.04 Å². The second-order valence-electron chi connectivity index (χ2n) is 4.34. The number of rotatable bonds is 4. The van der Waals surface area contributed by atoms with Gasteiger partial charge in [0.2, 0.25) is 0 Å². The summed E-state index contributed by atoms with van der Waals surface area (Å²) in [6.07, 6.45) is 0. The number of nitro benzene ring substituents is 1. The van der Waals surface area contributed by atoms with Crippen LogP contribution >= 0.6 is 0 Å². The molecule has 1 unspecified atom stereocenters. The van der Waals surface area contributed by atoms with Crippen molar-refractivity contribution in [1.82, 2.24) is 0 Å². The van der Waals surface area contributed by atoms with Crippen molar-refractivity contribution in [2.24, 2.45) is 0 Å². The normalized spacial score (nSPS) is 18.9. The van der Waals surface area contributed by atoms with E-state index in [4.69, 9.17) is 4.74 Å². The van der Waals surface area contributed by atoms with Gasteiger partial charge in [-0.15, -0.1) is 0 Å². The summed E-state index contributed by atoms with van der Waals surface area (Å²) in [6.45, 7) is 0.532. The monoisotopic (exact) mass is 282 g/mol. The maximum absolute atomic E-state index is 11.3. The number of aliphatic hydroxyl groups is 1. The van der Waals surface area contributed by atoms with Gasteiger partial charge in [-0.3, -0.25) is 10.1 Å². The van der Waals surface area contributed by atoms with E-state index in [0.717, 1.165) is 0 Å². The van der Waals surface area contributed by atoms with Crippen LogP contribution in [-0.4, -0.2) is 53.5 Å². The van der Waals surface area contributed by atoms with Crippen molar-refractivity contribution in [3.05, 3.63) is 33.9 Å². The molecule has 1 saturated heterocycles. The Morgan fingerprint density at radius 2 is 2.30 bits per heavy atom. The molecule has 0 saturated carbocycles. The SMILES string of the molecule is O=C(O)c1cccc([N+](=O)[O-])c1N1CCOCC1CO. The Hall–Kier alpha value is -2.19. The number of nitro groups is 1. The summed E-state index contributed by atoms with van der Waals surface area (Å²) in [5.41, 5.74) is -0.419. The molecule has 2 N–H and O–H groups in total. The highest BCUT2D eigenvalue weighted by Crippen LogP contribution is 2.34. The maximum atomic E-state index is 11.3. The smallest absolute Gasteiger partial charge is 0.338 e. The number of aliphatic hydroxyl groups excluding tert-OH is 1. The van der Waals surface area contributed by atoms with Crippen LogP contribution in [0.5, 0.6) is 0 Å². The molecule has 1 aromatic carbocycles. The molecule has 1 heterocycles. The van der Waals surface area contributed by atoms with Crippen LogP contribution in [-0.2, 0) is 4.74 Å². The lowest BCUT2D eigenvalue weighted by Crippen LogP contribution is -2.48. The molecule has 0 aliphatic carbocycles. The summed E-state index contributed by atoms with van der Waals surface area (Å²) < 4.78 is 5.21. The number of hydrogen-bond donors (Lipinski definition) is 2. The van der Waals surface area contributed by atoms with Crippen molar-refractivity contribution in [1.29, 1.82) is 0 Å². The number of para-hydroxylation sites is 1. The third kappa shape index (κ3) is 2.56. The topological polar surface area (TPSA) is 113 Å².